The largest absolute Gasteiger partial charge is 0.481 e. The van der Waals surface area contributed by atoms with E-state index in [2.05, 4.69) is 11.4 Å². The number of carboxylic acids is 1. The molecule has 3 rings (SSSR count). The van der Waals surface area contributed by atoms with Crippen molar-refractivity contribution in [2.24, 2.45) is 11.3 Å². The lowest BCUT2D eigenvalue weighted by molar-refractivity contribution is -0.149. The molecule has 2 amide bonds. The number of carbonyl (C=O) groups is 2. The van der Waals surface area contributed by atoms with Crippen LogP contribution in [0.4, 0.5) is 4.79 Å². The number of carboxylic acid groups (broad SMARTS) is 1. The number of likely N-dealkylation sites (tertiary alicyclic amines) is 1. The molecule has 0 aromatic heterocycles. The predicted molar refractivity (Wildman–Crippen MR) is 78.9 cm³/mol. The third kappa shape index (κ3) is 2.65. The summed E-state index contributed by atoms with van der Waals surface area (Å²) in [5, 5.41) is 12.5. The van der Waals surface area contributed by atoms with E-state index in [-0.39, 0.29) is 11.9 Å². The van der Waals surface area contributed by atoms with Crippen LogP contribution < -0.4 is 5.32 Å². The molecule has 21 heavy (non-hydrogen) atoms. The molecule has 0 aromatic carbocycles. The second-order valence-corrected chi connectivity index (χ2v) is 6.67. The van der Waals surface area contributed by atoms with Crippen LogP contribution in [0.3, 0.4) is 0 Å². The second-order valence-electron chi connectivity index (χ2n) is 6.67. The molecular weight excluding hydrogens is 268 g/mol. The van der Waals surface area contributed by atoms with Crippen molar-refractivity contribution in [3.8, 4) is 0 Å². The summed E-state index contributed by atoms with van der Waals surface area (Å²) in [5.74, 6) is -0.588. The minimum atomic E-state index is -0.726. The van der Waals surface area contributed by atoms with Gasteiger partial charge in [0.2, 0.25) is 0 Å². The van der Waals surface area contributed by atoms with Gasteiger partial charge >= 0.3 is 12.0 Å². The molecule has 0 spiro atoms. The summed E-state index contributed by atoms with van der Waals surface area (Å²) >= 11 is 0. The monoisotopic (exact) mass is 292 g/mol. The lowest BCUT2D eigenvalue weighted by Crippen LogP contribution is -2.42. The number of urea groups is 1. The van der Waals surface area contributed by atoms with Crippen molar-refractivity contribution >= 4 is 12.0 Å². The molecule has 0 unspecified atom stereocenters. The van der Waals surface area contributed by atoms with E-state index in [4.69, 9.17) is 0 Å². The van der Waals surface area contributed by atoms with Crippen molar-refractivity contribution in [1.29, 1.82) is 0 Å². The van der Waals surface area contributed by atoms with Crippen molar-refractivity contribution in [3.05, 3.63) is 11.6 Å². The maximum absolute atomic E-state index is 12.2. The number of nitrogens with one attached hydrogen (secondary N) is 1. The molecule has 1 saturated heterocycles. The van der Waals surface area contributed by atoms with Gasteiger partial charge in [-0.3, -0.25) is 4.79 Å². The van der Waals surface area contributed by atoms with E-state index >= 15 is 0 Å². The Bertz CT molecular complexity index is 474. The number of aliphatic carboxylic acids is 1. The summed E-state index contributed by atoms with van der Waals surface area (Å²) in [7, 11) is 0. The van der Waals surface area contributed by atoms with Gasteiger partial charge in [-0.25, -0.2) is 4.79 Å². The number of hydrogen-bond acceptors (Lipinski definition) is 2. The molecule has 116 valence electrons. The lowest BCUT2D eigenvalue weighted by atomic mass is 9.81. The van der Waals surface area contributed by atoms with Crippen LogP contribution in [0.5, 0.6) is 0 Å². The van der Waals surface area contributed by atoms with Gasteiger partial charge in [0.15, 0.2) is 0 Å². The zero-order chi connectivity index (χ0) is 14.9. The fourth-order valence-corrected chi connectivity index (χ4v) is 4.20. The van der Waals surface area contributed by atoms with Crippen LogP contribution in [-0.2, 0) is 4.79 Å². The highest BCUT2D eigenvalue weighted by molar-refractivity contribution is 5.80. The molecule has 0 radical (unpaired) electrons. The first-order valence-electron chi connectivity index (χ1n) is 8.06. The van der Waals surface area contributed by atoms with Crippen molar-refractivity contribution in [2.75, 3.05) is 19.6 Å². The third-order valence-electron chi connectivity index (χ3n) is 5.44. The number of rotatable bonds is 4. The molecule has 2 fully saturated rings. The van der Waals surface area contributed by atoms with Crippen LogP contribution in [-0.4, -0.2) is 41.6 Å². The maximum atomic E-state index is 12.2. The molecule has 0 bridgehead atoms. The topological polar surface area (TPSA) is 69.6 Å². The molecule has 1 aliphatic heterocycles. The van der Waals surface area contributed by atoms with Gasteiger partial charge in [-0.05, 0) is 44.4 Å². The van der Waals surface area contributed by atoms with Gasteiger partial charge in [0.05, 0.1) is 5.41 Å². The zero-order valence-corrected chi connectivity index (χ0v) is 12.4. The Balaban J connectivity index is 1.51. The van der Waals surface area contributed by atoms with E-state index in [0.717, 1.165) is 32.1 Å². The highest BCUT2D eigenvalue weighted by Gasteiger charge is 2.55. The van der Waals surface area contributed by atoms with Crippen LogP contribution in [0.15, 0.2) is 11.6 Å². The number of hydrogen-bond donors (Lipinski definition) is 2. The average Bonchev–Trinajstić information content (AvgIpc) is 3.13. The van der Waals surface area contributed by atoms with Gasteiger partial charge in [-0.1, -0.05) is 18.1 Å². The molecule has 2 aliphatic carbocycles. The average molecular weight is 292 g/mol. The van der Waals surface area contributed by atoms with E-state index in [1.807, 2.05) is 0 Å². The summed E-state index contributed by atoms with van der Waals surface area (Å²) < 4.78 is 0. The molecule has 2 atom stereocenters. The fourth-order valence-electron chi connectivity index (χ4n) is 4.20. The number of carbonyl (C=O) groups excluding carboxylic acids is 1. The minimum Gasteiger partial charge on any atom is -0.481 e. The maximum Gasteiger partial charge on any atom is 0.317 e. The Morgan fingerprint density at radius 3 is 2.95 bits per heavy atom. The zero-order valence-electron chi connectivity index (χ0n) is 12.4. The Kier molecular flexibility index (Phi) is 3.91. The molecule has 1 heterocycles. The first-order chi connectivity index (χ1) is 10.1. The quantitative estimate of drug-likeness (QED) is 0.782. The fraction of sp³-hybridized carbons (Fsp3) is 0.750. The first-order valence-corrected chi connectivity index (χ1v) is 8.06. The van der Waals surface area contributed by atoms with Crippen molar-refractivity contribution in [1.82, 2.24) is 10.2 Å². The number of allylic oxidation sites excluding steroid dienone is 1. The van der Waals surface area contributed by atoms with Crippen molar-refractivity contribution in [2.45, 2.75) is 44.9 Å². The van der Waals surface area contributed by atoms with Crippen LogP contribution in [0, 0.1) is 11.3 Å². The van der Waals surface area contributed by atoms with Gasteiger partial charge in [-0.15, -0.1) is 0 Å². The minimum absolute atomic E-state index is 0.0939. The van der Waals surface area contributed by atoms with Gasteiger partial charge < -0.3 is 15.3 Å². The van der Waals surface area contributed by atoms with Crippen molar-refractivity contribution in [3.63, 3.8) is 0 Å². The summed E-state index contributed by atoms with van der Waals surface area (Å²) in [6.45, 7) is 1.63. The van der Waals surface area contributed by atoms with Crippen LogP contribution in [0.25, 0.3) is 0 Å². The van der Waals surface area contributed by atoms with E-state index in [1.54, 1.807) is 4.90 Å². The summed E-state index contributed by atoms with van der Waals surface area (Å²) in [4.78, 5) is 25.5. The molecule has 2 N–H and O–H groups in total. The van der Waals surface area contributed by atoms with Gasteiger partial charge in [0.1, 0.15) is 0 Å². The number of amides is 2. The normalized spacial score (nSPS) is 31.1. The summed E-state index contributed by atoms with van der Waals surface area (Å²) in [6.07, 6.45) is 9.37. The molecule has 3 aliphatic rings. The third-order valence-corrected chi connectivity index (χ3v) is 5.44. The lowest BCUT2D eigenvalue weighted by Gasteiger charge is -2.23. The Morgan fingerprint density at radius 1 is 1.43 bits per heavy atom. The van der Waals surface area contributed by atoms with Crippen LogP contribution >= 0.6 is 0 Å². The SMILES string of the molecule is O=C(NCCC1=CCCC1)N1C[C@@H]2CCC[C@@]2(C(=O)O)C1. The highest BCUT2D eigenvalue weighted by Crippen LogP contribution is 2.48. The van der Waals surface area contributed by atoms with E-state index < -0.39 is 11.4 Å². The number of fused-ring (bicyclic) bond motifs is 1. The predicted octanol–water partition coefficient (Wildman–Crippen LogP) is 2.38. The van der Waals surface area contributed by atoms with Gasteiger partial charge in [0, 0.05) is 19.6 Å². The van der Waals surface area contributed by atoms with Gasteiger partial charge in [0.25, 0.3) is 0 Å². The number of nitrogens with zero attached hydrogens (tertiary/aromatic N) is 1. The highest BCUT2D eigenvalue weighted by atomic mass is 16.4. The van der Waals surface area contributed by atoms with Crippen LogP contribution in [0.1, 0.15) is 44.9 Å². The standard InChI is InChI=1S/C16H24N2O3/c19-14(20)16-8-3-6-13(16)10-18(11-16)15(21)17-9-7-12-4-1-2-5-12/h4,13H,1-3,5-11H2,(H,17,21)(H,19,20)/t13-,16+/m0/s1. The smallest absolute Gasteiger partial charge is 0.317 e. The Hall–Kier alpha value is -1.52. The Morgan fingerprint density at radius 2 is 2.29 bits per heavy atom. The molecular formula is C16H24N2O3. The van der Waals surface area contributed by atoms with Crippen molar-refractivity contribution < 1.29 is 14.7 Å². The van der Waals surface area contributed by atoms with E-state index in [9.17, 15) is 14.7 Å². The van der Waals surface area contributed by atoms with Crippen LogP contribution in [0.2, 0.25) is 0 Å². The van der Waals surface area contributed by atoms with E-state index in [1.165, 1.54) is 12.0 Å². The van der Waals surface area contributed by atoms with E-state index in [0.29, 0.717) is 26.1 Å². The Labute approximate surface area is 125 Å². The molecule has 5 heteroatoms. The summed E-state index contributed by atoms with van der Waals surface area (Å²) in [6, 6.07) is -0.0939. The molecule has 5 nitrogen and oxygen atoms in total. The van der Waals surface area contributed by atoms with Gasteiger partial charge in [-0.2, -0.15) is 0 Å². The second kappa shape index (κ2) is 5.70. The summed E-state index contributed by atoms with van der Waals surface area (Å²) in [5.41, 5.74) is 0.765. The molecule has 0 aromatic rings. The molecule has 1 saturated carbocycles. The first kappa shape index (κ1) is 14.4.